The molecule has 2 aromatic carbocycles. The Kier molecular flexibility index (Phi) is 3.96. The van der Waals surface area contributed by atoms with E-state index in [0.717, 1.165) is 4.57 Å². The van der Waals surface area contributed by atoms with Crippen molar-refractivity contribution >= 4 is 33.4 Å². The second-order valence-electron chi connectivity index (χ2n) is 5.80. The van der Waals surface area contributed by atoms with E-state index in [1.165, 1.54) is 24.5 Å². The van der Waals surface area contributed by atoms with Crippen LogP contribution >= 0.6 is 0 Å². The van der Waals surface area contributed by atoms with Crippen molar-refractivity contribution in [2.45, 2.75) is 6.54 Å². The van der Waals surface area contributed by atoms with Crippen molar-refractivity contribution in [3.8, 4) is 5.88 Å². The van der Waals surface area contributed by atoms with E-state index in [1.54, 1.807) is 24.3 Å². The predicted molar refractivity (Wildman–Crippen MR) is 95.4 cm³/mol. The van der Waals surface area contributed by atoms with Gasteiger partial charge >= 0.3 is 0 Å². The minimum Gasteiger partial charge on any atom is -0.493 e. The molecule has 0 saturated heterocycles. The fourth-order valence-electron chi connectivity index (χ4n) is 2.74. The molecular formula is C18H12FN5O3. The monoisotopic (exact) mass is 365 g/mol. The molecule has 4 aromatic rings. The number of rotatable bonds is 3. The number of H-pyrrole nitrogens is 1. The van der Waals surface area contributed by atoms with Crippen LogP contribution in [0.4, 0.5) is 10.1 Å². The summed E-state index contributed by atoms with van der Waals surface area (Å²) in [6, 6.07) is 10.6. The summed E-state index contributed by atoms with van der Waals surface area (Å²) >= 11 is 0. The van der Waals surface area contributed by atoms with Crippen molar-refractivity contribution in [3.05, 3.63) is 65.0 Å². The standard InChI is InChI=1S/C18H12FN5O3/c19-10-5-6-14-12(7-10)16(17(26)21-14)23-22-15(25)8-24-9-20-13-4-2-1-3-11(13)18(24)27/h1-7,9,21,26H,8H2. The van der Waals surface area contributed by atoms with E-state index in [-0.39, 0.29) is 29.1 Å². The molecule has 0 spiro atoms. The Bertz CT molecular complexity index is 1280. The molecular weight excluding hydrogens is 353 g/mol. The summed E-state index contributed by atoms with van der Waals surface area (Å²) < 4.78 is 14.5. The number of benzene rings is 2. The van der Waals surface area contributed by atoms with Crippen LogP contribution in [0.15, 0.2) is 63.8 Å². The normalized spacial score (nSPS) is 11.6. The molecule has 9 heteroatoms. The Hall–Kier alpha value is -3.88. The molecule has 0 unspecified atom stereocenters. The Balaban J connectivity index is 1.62. The van der Waals surface area contributed by atoms with Crippen molar-refractivity contribution in [1.29, 1.82) is 0 Å². The van der Waals surface area contributed by atoms with Gasteiger partial charge in [-0.05, 0) is 30.3 Å². The molecule has 0 radical (unpaired) electrons. The number of amides is 1. The van der Waals surface area contributed by atoms with Gasteiger partial charge < -0.3 is 10.1 Å². The molecule has 1 amide bonds. The number of nitrogens with zero attached hydrogens (tertiary/aromatic N) is 4. The van der Waals surface area contributed by atoms with Crippen LogP contribution in [-0.4, -0.2) is 25.5 Å². The van der Waals surface area contributed by atoms with Gasteiger partial charge in [-0.3, -0.25) is 14.2 Å². The number of carbonyl (C=O) groups excluding carboxylic acids is 1. The van der Waals surface area contributed by atoms with Crippen molar-refractivity contribution in [3.63, 3.8) is 0 Å². The van der Waals surface area contributed by atoms with Gasteiger partial charge in [0, 0.05) is 5.39 Å². The van der Waals surface area contributed by atoms with Crippen LogP contribution in [0, 0.1) is 5.82 Å². The number of aromatic amines is 1. The van der Waals surface area contributed by atoms with Gasteiger partial charge in [-0.2, -0.15) is 0 Å². The number of azo groups is 1. The summed E-state index contributed by atoms with van der Waals surface area (Å²) in [5, 5.41) is 17.8. The maximum atomic E-state index is 13.4. The number of halogens is 1. The fraction of sp³-hybridized carbons (Fsp3) is 0.0556. The Morgan fingerprint density at radius 3 is 2.89 bits per heavy atom. The van der Waals surface area contributed by atoms with E-state index in [9.17, 15) is 19.1 Å². The summed E-state index contributed by atoms with van der Waals surface area (Å²) in [5.74, 6) is -1.57. The molecule has 134 valence electrons. The smallest absolute Gasteiger partial charge is 0.284 e. The molecule has 0 aliphatic carbocycles. The number of hydrogen-bond acceptors (Lipinski definition) is 5. The molecule has 2 heterocycles. The van der Waals surface area contributed by atoms with E-state index in [1.807, 2.05) is 0 Å². The lowest BCUT2D eigenvalue weighted by Crippen LogP contribution is -2.23. The van der Waals surface area contributed by atoms with Crippen molar-refractivity contribution in [1.82, 2.24) is 14.5 Å². The largest absolute Gasteiger partial charge is 0.493 e. The van der Waals surface area contributed by atoms with Gasteiger partial charge in [0.15, 0.2) is 5.69 Å². The maximum absolute atomic E-state index is 13.4. The first kappa shape index (κ1) is 16.6. The van der Waals surface area contributed by atoms with Gasteiger partial charge in [0.2, 0.25) is 5.88 Å². The number of hydrogen-bond donors (Lipinski definition) is 2. The lowest BCUT2D eigenvalue weighted by atomic mass is 10.2. The molecule has 0 atom stereocenters. The van der Waals surface area contributed by atoms with Crippen molar-refractivity contribution in [2.24, 2.45) is 10.2 Å². The minimum absolute atomic E-state index is 0.0539. The van der Waals surface area contributed by atoms with Crippen LogP contribution in [0.2, 0.25) is 0 Å². The lowest BCUT2D eigenvalue weighted by molar-refractivity contribution is -0.118. The van der Waals surface area contributed by atoms with Crippen LogP contribution < -0.4 is 5.56 Å². The molecule has 0 fully saturated rings. The van der Waals surface area contributed by atoms with Crippen molar-refractivity contribution in [2.75, 3.05) is 0 Å². The first-order valence-electron chi connectivity index (χ1n) is 7.92. The van der Waals surface area contributed by atoms with E-state index in [0.29, 0.717) is 16.4 Å². The summed E-state index contributed by atoms with van der Waals surface area (Å²) in [6.45, 7) is -0.363. The highest BCUT2D eigenvalue weighted by Crippen LogP contribution is 2.35. The lowest BCUT2D eigenvalue weighted by Gasteiger charge is -2.03. The number of fused-ring (bicyclic) bond motifs is 2. The van der Waals surface area contributed by atoms with Crippen LogP contribution in [0.3, 0.4) is 0 Å². The van der Waals surface area contributed by atoms with Crippen LogP contribution in [0.25, 0.3) is 21.8 Å². The molecule has 2 aromatic heterocycles. The molecule has 27 heavy (non-hydrogen) atoms. The first-order chi connectivity index (χ1) is 13.0. The van der Waals surface area contributed by atoms with Gasteiger partial charge in [0.25, 0.3) is 11.5 Å². The van der Waals surface area contributed by atoms with Gasteiger partial charge in [-0.25, -0.2) is 9.37 Å². The summed E-state index contributed by atoms with van der Waals surface area (Å²) in [5.41, 5.74) is 0.548. The third-order valence-electron chi connectivity index (χ3n) is 4.01. The Morgan fingerprint density at radius 1 is 1.22 bits per heavy atom. The summed E-state index contributed by atoms with van der Waals surface area (Å²) in [7, 11) is 0. The highest BCUT2D eigenvalue weighted by atomic mass is 19.1. The average Bonchev–Trinajstić information content (AvgIpc) is 2.97. The highest BCUT2D eigenvalue weighted by molar-refractivity contribution is 5.94. The molecule has 8 nitrogen and oxygen atoms in total. The van der Waals surface area contributed by atoms with Crippen LogP contribution in [0.1, 0.15) is 0 Å². The zero-order valence-electron chi connectivity index (χ0n) is 13.8. The number of carbonyl (C=O) groups is 1. The number of aromatic hydroxyl groups is 1. The quantitative estimate of drug-likeness (QED) is 0.543. The minimum atomic E-state index is -0.723. The van der Waals surface area contributed by atoms with Gasteiger partial charge in [-0.15, -0.1) is 10.2 Å². The average molecular weight is 365 g/mol. The number of para-hydroxylation sites is 1. The zero-order chi connectivity index (χ0) is 19.0. The second-order valence-corrected chi connectivity index (χ2v) is 5.80. The van der Waals surface area contributed by atoms with E-state index >= 15 is 0 Å². The zero-order valence-corrected chi connectivity index (χ0v) is 13.8. The number of nitrogens with one attached hydrogen (secondary N) is 1. The predicted octanol–water partition coefficient (Wildman–Crippen LogP) is 3.03. The highest BCUT2D eigenvalue weighted by Gasteiger charge is 2.12. The molecule has 0 aliphatic rings. The summed E-state index contributed by atoms with van der Waals surface area (Å²) in [6.07, 6.45) is 1.26. The first-order valence-corrected chi connectivity index (χ1v) is 7.92. The van der Waals surface area contributed by atoms with Gasteiger partial charge in [0.1, 0.15) is 12.4 Å². The van der Waals surface area contributed by atoms with Crippen LogP contribution in [0.5, 0.6) is 5.88 Å². The van der Waals surface area contributed by atoms with E-state index in [2.05, 4.69) is 20.2 Å². The molecule has 2 N–H and O–H groups in total. The molecule has 0 bridgehead atoms. The third kappa shape index (κ3) is 3.06. The Labute approximate surface area is 150 Å². The van der Waals surface area contributed by atoms with E-state index in [4.69, 9.17) is 0 Å². The SMILES string of the molecule is O=C(Cn1cnc2ccccc2c1=O)N=Nc1c(O)[nH]c2ccc(F)cc12. The van der Waals surface area contributed by atoms with E-state index < -0.39 is 11.7 Å². The van der Waals surface area contributed by atoms with Crippen LogP contribution in [-0.2, 0) is 11.3 Å². The topological polar surface area (TPSA) is 113 Å². The fourth-order valence-corrected chi connectivity index (χ4v) is 2.74. The van der Waals surface area contributed by atoms with Crippen molar-refractivity contribution < 1.29 is 14.3 Å². The van der Waals surface area contributed by atoms with Gasteiger partial charge in [-0.1, -0.05) is 12.1 Å². The summed E-state index contributed by atoms with van der Waals surface area (Å²) in [4.78, 5) is 31.2. The molecule has 0 saturated carbocycles. The second kappa shape index (κ2) is 6.45. The molecule has 4 rings (SSSR count). The third-order valence-corrected chi connectivity index (χ3v) is 4.01. The molecule has 0 aliphatic heterocycles. The van der Waals surface area contributed by atoms with Gasteiger partial charge in [0.05, 0.1) is 22.7 Å². The maximum Gasteiger partial charge on any atom is 0.284 e. The number of aromatic nitrogens is 3. The Morgan fingerprint density at radius 2 is 2.04 bits per heavy atom.